The molecule has 5 nitrogen and oxygen atoms in total. The predicted molar refractivity (Wildman–Crippen MR) is 108 cm³/mol. The lowest BCUT2D eigenvalue weighted by Gasteiger charge is -2.19. The Kier molecular flexibility index (Phi) is 5.13. The van der Waals surface area contributed by atoms with Crippen molar-refractivity contribution in [1.82, 2.24) is 9.99 Å². The van der Waals surface area contributed by atoms with Gasteiger partial charge in [-0.3, -0.25) is 4.79 Å². The SMILES string of the molecule is Cc1ccc(C2=NN(C(=O)CSc3nc(C)cs3)[C@H](c3ccco3)C2)cc1. The van der Waals surface area contributed by atoms with E-state index in [-0.39, 0.29) is 11.9 Å². The second kappa shape index (κ2) is 7.70. The van der Waals surface area contributed by atoms with Crippen molar-refractivity contribution >= 4 is 34.7 Å². The summed E-state index contributed by atoms with van der Waals surface area (Å²) in [5.41, 5.74) is 4.11. The molecule has 27 heavy (non-hydrogen) atoms. The molecule has 1 aliphatic rings. The average Bonchev–Trinajstić information content (AvgIpc) is 3.40. The van der Waals surface area contributed by atoms with Crippen LogP contribution in [0.3, 0.4) is 0 Å². The highest BCUT2D eigenvalue weighted by atomic mass is 32.2. The standard InChI is InChI=1S/C20H19N3O2S2/c1-13-5-7-15(8-6-13)16-10-17(18-4-3-9-25-18)23(22-16)19(24)12-27-20-21-14(2)11-26-20/h3-9,11,17H,10,12H2,1-2H3/t17-/m0/s1. The second-order valence-electron chi connectivity index (χ2n) is 6.43. The Morgan fingerprint density at radius 3 is 2.78 bits per heavy atom. The summed E-state index contributed by atoms with van der Waals surface area (Å²) in [5.74, 6) is 1.01. The van der Waals surface area contributed by atoms with Crippen molar-refractivity contribution in [3.05, 3.63) is 70.6 Å². The van der Waals surface area contributed by atoms with Crippen LogP contribution in [0.4, 0.5) is 0 Å². The van der Waals surface area contributed by atoms with E-state index in [4.69, 9.17) is 4.42 Å². The zero-order chi connectivity index (χ0) is 18.8. The summed E-state index contributed by atoms with van der Waals surface area (Å²) in [4.78, 5) is 17.3. The summed E-state index contributed by atoms with van der Waals surface area (Å²) < 4.78 is 6.48. The fourth-order valence-electron chi connectivity index (χ4n) is 2.95. The number of thiazole rings is 1. The van der Waals surface area contributed by atoms with Crippen LogP contribution in [0.1, 0.15) is 35.0 Å². The molecule has 2 aromatic heterocycles. The number of furan rings is 1. The van der Waals surface area contributed by atoms with Crippen molar-refractivity contribution in [2.75, 3.05) is 5.75 Å². The number of hydrogen-bond donors (Lipinski definition) is 0. The maximum absolute atomic E-state index is 12.9. The van der Waals surface area contributed by atoms with Crippen molar-refractivity contribution in [3.63, 3.8) is 0 Å². The Balaban J connectivity index is 1.55. The van der Waals surface area contributed by atoms with Gasteiger partial charge in [0.05, 0.1) is 17.7 Å². The zero-order valence-electron chi connectivity index (χ0n) is 15.1. The van der Waals surface area contributed by atoms with Crippen LogP contribution in [-0.2, 0) is 4.79 Å². The fraction of sp³-hybridized carbons (Fsp3) is 0.250. The molecule has 0 spiro atoms. The Bertz CT molecular complexity index is 962. The molecule has 0 radical (unpaired) electrons. The van der Waals surface area contributed by atoms with Gasteiger partial charge in [-0.05, 0) is 31.5 Å². The van der Waals surface area contributed by atoms with E-state index in [1.165, 1.54) is 17.3 Å². The Labute approximate surface area is 166 Å². The maximum atomic E-state index is 12.9. The minimum Gasteiger partial charge on any atom is -0.467 e. The lowest BCUT2D eigenvalue weighted by Crippen LogP contribution is -2.28. The van der Waals surface area contributed by atoms with Gasteiger partial charge in [-0.15, -0.1) is 11.3 Å². The Morgan fingerprint density at radius 2 is 2.11 bits per heavy atom. The fourth-order valence-corrected chi connectivity index (χ4v) is 4.65. The van der Waals surface area contributed by atoms with E-state index in [9.17, 15) is 4.79 Å². The summed E-state index contributed by atoms with van der Waals surface area (Å²) in [7, 11) is 0. The molecule has 3 heterocycles. The highest BCUT2D eigenvalue weighted by Gasteiger charge is 2.34. The normalized spacial score (nSPS) is 16.6. The molecule has 1 amide bonds. The zero-order valence-corrected chi connectivity index (χ0v) is 16.7. The number of hydrazone groups is 1. The number of carbonyl (C=O) groups excluding carboxylic acids is 1. The van der Waals surface area contributed by atoms with Gasteiger partial charge >= 0.3 is 0 Å². The molecule has 0 aliphatic carbocycles. The number of thioether (sulfide) groups is 1. The summed E-state index contributed by atoms with van der Waals surface area (Å²) in [6.45, 7) is 4.01. The molecule has 0 saturated carbocycles. The maximum Gasteiger partial charge on any atom is 0.253 e. The van der Waals surface area contributed by atoms with E-state index in [2.05, 4.69) is 41.3 Å². The molecule has 7 heteroatoms. The first-order valence-corrected chi connectivity index (χ1v) is 10.5. The second-order valence-corrected chi connectivity index (χ2v) is 8.51. The number of benzene rings is 1. The number of rotatable bonds is 5. The minimum atomic E-state index is -0.206. The molecule has 0 unspecified atom stereocenters. The molecular formula is C20H19N3O2S2. The smallest absolute Gasteiger partial charge is 0.253 e. The first-order chi connectivity index (χ1) is 13.1. The number of hydrogen-bond acceptors (Lipinski definition) is 6. The van der Waals surface area contributed by atoms with Crippen LogP contribution in [0.2, 0.25) is 0 Å². The third-order valence-corrected chi connectivity index (χ3v) is 6.46. The Morgan fingerprint density at radius 1 is 1.30 bits per heavy atom. The summed E-state index contributed by atoms with van der Waals surface area (Å²) in [6, 6.07) is 11.8. The van der Waals surface area contributed by atoms with Gasteiger partial charge < -0.3 is 4.42 Å². The molecule has 0 bridgehead atoms. The summed E-state index contributed by atoms with van der Waals surface area (Å²) in [5, 5.41) is 8.21. The van der Waals surface area contributed by atoms with E-state index in [1.54, 1.807) is 22.6 Å². The molecule has 0 fully saturated rings. The van der Waals surface area contributed by atoms with Gasteiger partial charge in [0.25, 0.3) is 5.91 Å². The van der Waals surface area contributed by atoms with Crippen LogP contribution in [-0.4, -0.2) is 27.4 Å². The number of aromatic nitrogens is 1. The third-order valence-electron chi connectivity index (χ3n) is 4.34. The summed E-state index contributed by atoms with van der Waals surface area (Å²) >= 11 is 3.01. The van der Waals surface area contributed by atoms with Crippen LogP contribution in [0.5, 0.6) is 0 Å². The third kappa shape index (κ3) is 3.99. The quantitative estimate of drug-likeness (QED) is 0.579. The number of amides is 1. The van der Waals surface area contributed by atoms with Crippen LogP contribution >= 0.6 is 23.1 Å². The average molecular weight is 398 g/mol. The van der Waals surface area contributed by atoms with Crippen molar-refractivity contribution in [1.29, 1.82) is 0 Å². The minimum absolute atomic E-state index is 0.0450. The van der Waals surface area contributed by atoms with Crippen molar-refractivity contribution in [3.8, 4) is 0 Å². The van der Waals surface area contributed by atoms with Crippen LogP contribution < -0.4 is 0 Å². The summed E-state index contributed by atoms with van der Waals surface area (Å²) in [6.07, 6.45) is 2.28. The van der Waals surface area contributed by atoms with Crippen molar-refractivity contribution in [2.24, 2.45) is 5.10 Å². The van der Waals surface area contributed by atoms with Gasteiger partial charge in [-0.1, -0.05) is 41.6 Å². The van der Waals surface area contributed by atoms with E-state index in [1.807, 2.05) is 24.4 Å². The van der Waals surface area contributed by atoms with Crippen LogP contribution in [0.25, 0.3) is 0 Å². The molecule has 0 saturated heterocycles. The van der Waals surface area contributed by atoms with Gasteiger partial charge in [0, 0.05) is 17.5 Å². The number of nitrogens with zero attached hydrogens (tertiary/aromatic N) is 3. The molecular weight excluding hydrogens is 378 g/mol. The van der Waals surface area contributed by atoms with E-state index in [0.29, 0.717) is 12.2 Å². The van der Waals surface area contributed by atoms with Crippen molar-refractivity contribution in [2.45, 2.75) is 30.6 Å². The molecule has 1 aliphatic heterocycles. The molecule has 1 aromatic carbocycles. The number of aryl methyl sites for hydroxylation is 2. The first kappa shape index (κ1) is 18.0. The van der Waals surface area contributed by atoms with Gasteiger partial charge in [0.15, 0.2) is 4.34 Å². The monoisotopic (exact) mass is 397 g/mol. The largest absolute Gasteiger partial charge is 0.467 e. The van der Waals surface area contributed by atoms with Gasteiger partial charge in [0.1, 0.15) is 11.8 Å². The predicted octanol–water partition coefficient (Wildman–Crippen LogP) is 4.82. The molecule has 0 N–H and O–H groups in total. The molecule has 4 rings (SSSR count). The van der Waals surface area contributed by atoms with E-state index < -0.39 is 0 Å². The van der Waals surface area contributed by atoms with Crippen LogP contribution in [0.15, 0.2) is 61.9 Å². The topological polar surface area (TPSA) is 58.7 Å². The van der Waals surface area contributed by atoms with Crippen LogP contribution in [0, 0.1) is 13.8 Å². The Hall–Kier alpha value is -2.38. The van der Waals surface area contributed by atoms with Gasteiger partial charge in [-0.2, -0.15) is 5.10 Å². The van der Waals surface area contributed by atoms with Gasteiger partial charge in [0.2, 0.25) is 0 Å². The molecule has 138 valence electrons. The van der Waals surface area contributed by atoms with Crippen molar-refractivity contribution < 1.29 is 9.21 Å². The highest BCUT2D eigenvalue weighted by molar-refractivity contribution is 8.01. The highest BCUT2D eigenvalue weighted by Crippen LogP contribution is 2.34. The number of carbonyl (C=O) groups is 1. The lowest BCUT2D eigenvalue weighted by atomic mass is 10.0. The molecule has 3 aromatic rings. The van der Waals surface area contributed by atoms with E-state index in [0.717, 1.165) is 27.1 Å². The lowest BCUT2D eigenvalue weighted by molar-refractivity contribution is -0.130. The first-order valence-electron chi connectivity index (χ1n) is 8.65. The van der Waals surface area contributed by atoms with E-state index >= 15 is 0 Å². The van der Waals surface area contributed by atoms with Gasteiger partial charge in [-0.25, -0.2) is 9.99 Å². The molecule has 1 atom stereocenters.